The number of hydrogen-bond acceptors (Lipinski definition) is 5. The van der Waals surface area contributed by atoms with Crippen LogP contribution in [0.25, 0.3) is 16.9 Å². The van der Waals surface area contributed by atoms with Crippen LogP contribution in [-0.4, -0.2) is 32.0 Å². The van der Waals surface area contributed by atoms with Crippen molar-refractivity contribution < 1.29 is 17.9 Å². The van der Waals surface area contributed by atoms with Crippen LogP contribution in [0.5, 0.6) is 11.5 Å². The van der Waals surface area contributed by atoms with Crippen LogP contribution in [0, 0.1) is 0 Å². The van der Waals surface area contributed by atoms with E-state index in [2.05, 4.69) is 9.71 Å². The van der Waals surface area contributed by atoms with E-state index in [1.807, 2.05) is 47.1 Å². The Kier molecular flexibility index (Phi) is 4.85. The zero-order valence-corrected chi connectivity index (χ0v) is 16.7. The summed E-state index contributed by atoms with van der Waals surface area (Å²) < 4.78 is 40.3. The maximum Gasteiger partial charge on any atom is 0.262 e. The minimum Gasteiger partial charge on any atom is -0.493 e. The number of aromatic nitrogens is 2. The highest BCUT2D eigenvalue weighted by atomic mass is 32.2. The van der Waals surface area contributed by atoms with Gasteiger partial charge in [-0.15, -0.1) is 0 Å². The van der Waals surface area contributed by atoms with Crippen molar-refractivity contribution in [2.45, 2.75) is 4.90 Å². The van der Waals surface area contributed by atoms with E-state index in [4.69, 9.17) is 9.47 Å². The van der Waals surface area contributed by atoms with Gasteiger partial charge in [0.25, 0.3) is 10.0 Å². The first-order chi connectivity index (χ1) is 14.0. The van der Waals surface area contributed by atoms with Crippen LogP contribution in [0.1, 0.15) is 0 Å². The Hall–Kier alpha value is -3.52. The highest BCUT2D eigenvalue weighted by Gasteiger charge is 2.17. The quantitative estimate of drug-likeness (QED) is 0.524. The summed E-state index contributed by atoms with van der Waals surface area (Å²) in [6.07, 6.45) is 3.86. The van der Waals surface area contributed by atoms with Crippen LogP contribution in [-0.2, 0) is 10.0 Å². The molecule has 0 fully saturated rings. The number of sulfonamides is 1. The molecule has 4 aromatic rings. The molecule has 0 saturated carbocycles. The summed E-state index contributed by atoms with van der Waals surface area (Å²) in [7, 11) is -0.821. The van der Waals surface area contributed by atoms with E-state index in [0.717, 1.165) is 16.9 Å². The SMILES string of the molecule is COc1ccc(S(=O)(=O)Nc2ccc(-c3cn4ccccc4n3)cc2)cc1OC. The van der Waals surface area contributed by atoms with Crippen molar-refractivity contribution in [2.24, 2.45) is 0 Å². The maximum atomic E-state index is 12.7. The standard InChI is InChI=1S/C21H19N3O4S/c1-27-19-11-10-17(13-20(19)28-2)29(25,26)23-16-8-6-15(7-9-16)18-14-24-12-4-3-5-21(24)22-18/h3-14,23H,1-2H3. The Morgan fingerprint density at radius 2 is 1.69 bits per heavy atom. The predicted octanol–water partition coefficient (Wildman–Crippen LogP) is 3.82. The normalized spacial score (nSPS) is 11.4. The zero-order chi connectivity index (χ0) is 20.4. The second-order valence-corrected chi connectivity index (χ2v) is 7.97. The molecule has 4 rings (SSSR count). The molecule has 0 atom stereocenters. The van der Waals surface area contributed by atoms with Gasteiger partial charge in [-0.25, -0.2) is 13.4 Å². The summed E-state index contributed by atoms with van der Waals surface area (Å²) in [5.41, 5.74) is 3.00. The number of nitrogens with zero attached hydrogens (tertiary/aromatic N) is 2. The zero-order valence-electron chi connectivity index (χ0n) is 15.9. The number of imidazole rings is 1. The first-order valence-corrected chi connectivity index (χ1v) is 10.3. The van der Waals surface area contributed by atoms with Gasteiger partial charge >= 0.3 is 0 Å². The molecule has 0 spiro atoms. The molecule has 0 saturated heterocycles. The van der Waals surface area contributed by atoms with Gasteiger partial charge in [-0.3, -0.25) is 4.72 Å². The molecule has 0 aliphatic rings. The fourth-order valence-corrected chi connectivity index (χ4v) is 4.05. The van der Waals surface area contributed by atoms with E-state index in [9.17, 15) is 8.42 Å². The third kappa shape index (κ3) is 3.74. The molecule has 0 radical (unpaired) electrons. The van der Waals surface area contributed by atoms with E-state index < -0.39 is 10.0 Å². The van der Waals surface area contributed by atoms with Gasteiger partial charge in [0.2, 0.25) is 0 Å². The lowest BCUT2D eigenvalue weighted by Gasteiger charge is -2.12. The van der Waals surface area contributed by atoms with Crippen molar-refractivity contribution in [3.8, 4) is 22.8 Å². The Morgan fingerprint density at radius 1 is 0.931 bits per heavy atom. The first kappa shape index (κ1) is 18.8. The molecule has 0 amide bonds. The largest absolute Gasteiger partial charge is 0.493 e. The average Bonchev–Trinajstić information content (AvgIpc) is 3.17. The molecular weight excluding hydrogens is 390 g/mol. The van der Waals surface area contributed by atoms with Gasteiger partial charge in [-0.1, -0.05) is 18.2 Å². The number of methoxy groups -OCH3 is 2. The minimum atomic E-state index is -3.77. The average molecular weight is 409 g/mol. The molecule has 7 nitrogen and oxygen atoms in total. The fraction of sp³-hybridized carbons (Fsp3) is 0.0952. The summed E-state index contributed by atoms with van der Waals surface area (Å²) >= 11 is 0. The van der Waals surface area contributed by atoms with E-state index in [0.29, 0.717) is 17.2 Å². The second-order valence-electron chi connectivity index (χ2n) is 6.29. The number of pyridine rings is 1. The van der Waals surface area contributed by atoms with E-state index in [1.54, 1.807) is 18.2 Å². The van der Waals surface area contributed by atoms with Crippen molar-refractivity contribution in [3.63, 3.8) is 0 Å². The maximum absolute atomic E-state index is 12.7. The lowest BCUT2D eigenvalue weighted by Crippen LogP contribution is -2.13. The van der Waals surface area contributed by atoms with Crippen LogP contribution in [0.2, 0.25) is 0 Å². The van der Waals surface area contributed by atoms with Gasteiger partial charge in [0.15, 0.2) is 11.5 Å². The third-order valence-electron chi connectivity index (χ3n) is 4.46. The molecule has 2 aromatic carbocycles. The molecule has 0 bridgehead atoms. The van der Waals surface area contributed by atoms with E-state index in [1.165, 1.54) is 26.4 Å². The van der Waals surface area contributed by atoms with Gasteiger partial charge in [0.05, 0.1) is 24.8 Å². The lowest BCUT2D eigenvalue weighted by atomic mass is 10.1. The summed E-state index contributed by atoms with van der Waals surface area (Å²) in [4.78, 5) is 4.65. The Bertz CT molecular complexity index is 1230. The van der Waals surface area contributed by atoms with E-state index in [-0.39, 0.29) is 4.90 Å². The Balaban J connectivity index is 1.58. The number of rotatable bonds is 6. The number of benzene rings is 2. The van der Waals surface area contributed by atoms with Gasteiger partial charge in [-0.2, -0.15) is 0 Å². The molecule has 148 valence electrons. The number of hydrogen-bond donors (Lipinski definition) is 1. The van der Waals surface area contributed by atoms with Gasteiger partial charge in [0.1, 0.15) is 5.65 Å². The minimum absolute atomic E-state index is 0.0829. The van der Waals surface area contributed by atoms with Crippen molar-refractivity contribution in [1.82, 2.24) is 9.38 Å². The van der Waals surface area contributed by atoms with Gasteiger partial charge in [0, 0.05) is 29.7 Å². The van der Waals surface area contributed by atoms with Gasteiger partial charge in [-0.05, 0) is 36.4 Å². The van der Waals surface area contributed by atoms with Crippen molar-refractivity contribution in [2.75, 3.05) is 18.9 Å². The van der Waals surface area contributed by atoms with Crippen molar-refractivity contribution in [1.29, 1.82) is 0 Å². The second kappa shape index (κ2) is 7.48. The molecule has 29 heavy (non-hydrogen) atoms. The highest BCUT2D eigenvalue weighted by molar-refractivity contribution is 7.92. The molecule has 0 unspecified atom stereocenters. The fourth-order valence-electron chi connectivity index (χ4n) is 2.98. The van der Waals surface area contributed by atoms with Crippen LogP contribution >= 0.6 is 0 Å². The Morgan fingerprint density at radius 3 is 2.38 bits per heavy atom. The first-order valence-electron chi connectivity index (χ1n) is 8.79. The van der Waals surface area contributed by atoms with Crippen LogP contribution < -0.4 is 14.2 Å². The Labute approximate surface area is 168 Å². The van der Waals surface area contributed by atoms with E-state index >= 15 is 0 Å². The van der Waals surface area contributed by atoms with Crippen molar-refractivity contribution >= 4 is 21.4 Å². The summed E-state index contributed by atoms with van der Waals surface area (Å²) in [5.74, 6) is 0.806. The highest BCUT2D eigenvalue weighted by Crippen LogP contribution is 2.30. The third-order valence-corrected chi connectivity index (χ3v) is 5.84. The van der Waals surface area contributed by atoms with Crippen LogP contribution in [0.15, 0.2) is 78.0 Å². The number of anilines is 1. The topological polar surface area (TPSA) is 81.9 Å². The molecule has 0 aliphatic carbocycles. The summed E-state index contributed by atoms with van der Waals surface area (Å²) in [6.45, 7) is 0. The molecule has 0 aliphatic heterocycles. The lowest BCUT2D eigenvalue weighted by molar-refractivity contribution is 0.354. The molecule has 2 heterocycles. The van der Waals surface area contributed by atoms with Crippen molar-refractivity contribution in [3.05, 3.63) is 73.1 Å². The molecule has 2 aromatic heterocycles. The van der Waals surface area contributed by atoms with Crippen LogP contribution in [0.3, 0.4) is 0 Å². The number of ether oxygens (including phenoxy) is 2. The number of fused-ring (bicyclic) bond motifs is 1. The molecule has 1 N–H and O–H groups in total. The number of nitrogens with one attached hydrogen (secondary N) is 1. The van der Waals surface area contributed by atoms with Gasteiger partial charge < -0.3 is 13.9 Å². The monoisotopic (exact) mass is 409 g/mol. The predicted molar refractivity (Wildman–Crippen MR) is 111 cm³/mol. The van der Waals surface area contributed by atoms with Crippen LogP contribution in [0.4, 0.5) is 5.69 Å². The smallest absolute Gasteiger partial charge is 0.262 e. The molecule has 8 heteroatoms. The summed E-state index contributed by atoms with van der Waals surface area (Å²) in [6, 6.07) is 17.3. The molecular formula is C21H19N3O4S. The summed E-state index contributed by atoms with van der Waals surface area (Å²) in [5, 5.41) is 0.